The Kier molecular flexibility index (Phi) is 9.59. The maximum atomic E-state index is 14.6. The molecule has 3 aliphatic carbocycles. The van der Waals surface area contributed by atoms with Gasteiger partial charge in [-0.1, -0.05) is 96.9 Å². The van der Waals surface area contributed by atoms with Gasteiger partial charge < -0.3 is 20.4 Å². The van der Waals surface area contributed by atoms with E-state index in [2.05, 4.69) is 20.5 Å². The van der Waals surface area contributed by atoms with Gasteiger partial charge in [0.25, 0.3) is 11.8 Å². The van der Waals surface area contributed by atoms with Crippen molar-refractivity contribution < 1.29 is 32.4 Å². The molecule has 280 valence electrons. The molecule has 2 aliphatic heterocycles. The highest BCUT2D eigenvalue weighted by atomic mass is 32.2. The number of sulfonamides is 1. The Hall–Kier alpha value is -5.30. The molecule has 3 aromatic rings. The normalized spacial score (nSPS) is 27.1. The van der Waals surface area contributed by atoms with E-state index in [1.807, 2.05) is 60.7 Å². The number of fused-ring (bicyclic) bond motifs is 5. The molecule has 2 unspecified atom stereocenters. The van der Waals surface area contributed by atoms with Crippen molar-refractivity contribution in [1.29, 1.82) is 0 Å². The Morgan fingerprint density at radius 3 is 2.20 bits per heavy atom. The first-order valence-corrected chi connectivity index (χ1v) is 20.3. The molecule has 0 spiro atoms. The predicted molar refractivity (Wildman–Crippen MR) is 201 cm³/mol. The summed E-state index contributed by atoms with van der Waals surface area (Å²) in [6, 6.07) is 22.4. The molecule has 2 saturated carbocycles. The minimum absolute atomic E-state index is 0.00723. The average Bonchev–Trinajstić information content (AvgIpc) is 4.09. The Morgan fingerprint density at radius 1 is 0.852 bits per heavy atom. The third kappa shape index (κ3) is 7.04. The summed E-state index contributed by atoms with van der Waals surface area (Å²) in [5.74, 6) is -2.63. The van der Waals surface area contributed by atoms with E-state index >= 15 is 0 Å². The van der Waals surface area contributed by atoms with Gasteiger partial charge in [0.1, 0.15) is 29.4 Å². The van der Waals surface area contributed by atoms with Gasteiger partial charge >= 0.3 is 0 Å². The molecule has 2 heterocycles. The summed E-state index contributed by atoms with van der Waals surface area (Å²) in [5.41, 5.74) is 3.45. The molecule has 54 heavy (non-hydrogen) atoms. The highest BCUT2D eigenvalue weighted by Crippen LogP contribution is 2.46. The van der Waals surface area contributed by atoms with E-state index in [0.717, 1.165) is 35.1 Å². The van der Waals surface area contributed by atoms with E-state index < -0.39 is 68.5 Å². The quantitative estimate of drug-likeness (QED) is 0.188. The predicted octanol–water partition coefficient (Wildman–Crippen LogP) is 4.21. The van der Waals surface area contributed by atoms with E-state index in [1.54, 1.807) is 30.3 Å². The SMILES string of the molecule is O=C(N[C@H]1CCCCC/C=C\C2CC2(C(=O)NS(=O)(=O)C2CC2)NC(=O)[C@@H]2C[C@@H](ON=C3c4ccccc4-c4ccccc43)CN2C1=O)c1ccccc1. The van der Waals surface area contributed by atoms with Crippen LogP contribution in [0.1, 0.15) is 79.3 Å². The number of nitrogens with zero attached hydrogens (tertiary/aromatic N) is 2. The number of allylic oxidation sites excluding steroid dienone is 1. The molecule has 5 aliphatic rings. The third-order valence-electron chi connectivity index (χ3n) is 11.1. The monoisotopic (exact) mass is 749 g/mol. The summed E-state index contributed by atoms with van der Waals surface area (Å²) >= 11 is 0. The van der Waals surface area contributed by atoms with Crippen molar-refractivity contribution in [2.24, 2.45) is 11.1 Å². The van der Waals surface area contributed by atoms with Crippen LogP contribution in [-0.4, -0.2) is 78.2 Å². The molecule has 3 fully saturated rings. The van der Waals surface area contributed by atoms with Crippen LogP contribution in [0.25, 0.3) is 11.1 Å². The lowest BCUT2D eigenvalue weighted by Crippen LogP contribution is -2.58. The fourth-order valence-corrected chi connectivity index (χ4v) is 9.25. The van der Waals surface area contributed by atoms with Crippen LogP contribution in [0, 0.1) is 5.92 Å². The van der Waals surface area contributed by atoms with Crippen LogP contribution in [0.15, 0.2) is 96.2 Å². The van der Waals surface area contributed by atoms with Crippen molar-refractivity contribution in [2.75, 3.05) is 6.54 Å². The maximum Gasteiger partial charge on any atom is 0.259 e. The molecule has 0 aromatic heterocycles. The second-order valence-corrected chi connectivity index (χ2v) is 16.9. The van der Waals surface area contributed by atoms with Crippen molar-refractivity contribution in [3.05, 3.63) is 108 Å². The smallest absolute Gasteiger partial charge is 0.259 e. The topological polar surface area (TPSA) is 163 Å². The summed E-state index contributed by atoms with van der Waals surface area (Å²) in [7, 11) is -3.88. The van der Waals surface area contributed by atoms with Gasteiger partial charge in [-0.3, -0.25) is 23.9 Å². The lowest BCUT2D eigenvalue weighted by Gasteiger charge is -2.30. The molecule has 0 radical (unpaired) electrons. The van der Waals surface area contributed by atoms with E-state index in [0.29, 0.717) is 43.4 Å². The molecule has 1 saturated heterocycles. The lowest BCUT2D eigenvalue weighted by atomic mass is 10.0. The number of carbonyl (C=O) groups is 4. The molecular formula is C41H43N5O7S. The van der Waals surface area contributed by atoms with Crippen LogP contribution in [0.2, 0.25) is 0 Å². The molecule has 8 rings (SSSR count). The van der Waals surface area contributed by atoms with E-state index in [-0.39, 0.29) is 19.4 Å². The second-order valence-electron chi connectivity index (χ2n) is 14.9. The number of carbonyl (C=O) groups excluding carboxylic acids is 4. The van der Waals surface area contributed by atoms with Gasteiger partial charge in [0.05, 0.1) is 11.8 Å². The Labute approximate surface area is 314 Å². The van der Waals surface area contributed by atoms with Crippen LogP contribution in [0.3, 0.4) is 0 Å². The number of benzene rings is 3. The van der Waals surface area contributed by atoms with Crippen LogP contribution >= 0.6 is 0 Å². The van der Waals surface area contributed by atoms with Crippen LogP contribution in [0.5, 0.6) is 0 Å². The van der Waals surface area contributed by atoms with E-state index in [9.17, 15) is 27.6 Å². The molecule has 3 aromatic carbocycles. The maximum absolute atomic E-state index is 14.6. The van der Waals surface area contributed by atoms with Gasteiger partial charge in [-0.2, -0.15) is 0 Å². The zero-order valence-electron chi connectivity index (χ0n) is 29.8. The van der Waals surface area contributed by atoms with Crippen LogP contribution in [0.4, 0.5) is 0 Å². The van der Waals surface area contributed by atoms with Crippen molar-refractivity contribution in [3.63, 3.8) is 0 Å². The summed E-state index contributed by atoms with van der Waals surface area (Å²) in [4.78, 5) is 63.6. The minimum atomic E-state index is -3.88. The standard InChI is InChI=1S/C41H43N5O7S/c47-37(26-13-5-4-6-14-26)42-34-20-8-3-1-2-7-15-27-24-41(27,40(50)45-54(51,52)29-21-22-29)43-38(48)35-23-28(25-46(35)39(34)49)53-44-36-32-18-11-9-16-30(32)31-17-10-12-19-33(31)36/h4-7,9-19,27-29,34-35H,1-3,8,20-25H2,(H,42,47)(H,43,48)(H,45,50)/b15-7-/t27?,28-,34+,35+,41?/m1/s1. The molecule has 3 N–H and O–H groups in total. The molecule has 12 nitrogen and oxygen atoms in total. The van der Waals surface area contributed by atoms with Crippen molar-refractivity contribution in [3.8, 4) is 11.1 Å². The Morgan fingerprint density at radius 2 is 1.52 bits per heavy atom. The molecular weight excluding hydrogens is 707 g/mol. The first-order valence-electron chi connectivity index (χ1n) is 18.8. The fourth-order valence-electron chi connectivity index (χ4n) is 7.89. The number of rotatable bonds is 7. The second kappa shape index (κ2) is 14.5. The van der Waals surface area contributed by atoms with Gasteiger partial charge in [-0.15, -0.1) is 0 Å². The molecule has 4 amide bonds. The highest BCUT2D eigenvalue weighted by molar-refractivity contribution is 7.91. The average molecular weight is 750 g/mol. The minimum Gasteiger partial charge on any atom is -0.390 e. The van der Waals surface area contributed by atoms with Crippen LogP contribution < -0.4 is 15.4 Å². The first kappa shape index (κ1) is 35.7. The fraction of sp³-hybridized carbons (Fsp3) is 0.390. The van der Waals surface area contributed by atoms with Gasteiger partial charge in [0.2, 0.25) is 21.8 Å². The van der Waals surface area contributed by atoms with Crippen molar-refractivity contribution in [2.45, 2.75) is 86.8 Å². The number of hydrogen-bond donors (Lipinski definition) is 3. The zero-order valence-corrected chi connectivity index (χ0v) is 30.6. The summed E-state index contributed by atoms with van der Waals surface area (Å²) in [6.45, 7) is 0.00723. The Bertz CT molecular complexity index is 2100. The molecule has 5 atom stereocenters. The summed E-state index contributed by atoms with van der Waals surface area (Å²) < 4.78 is 27.9. The first-order chi connectivity index (χ1) is 26.1. The molecule has 0 bridgehead atoms. The number of hydrogen-bond acceptors (Lipinski definition) is 8. The van der Waals surface area contributed by atoms with Gasteiger partial charge in [-0.25, -0.2) is 8.42 Å². The lowest BCUT2D eigenvalue weighted by molar-refractivity contribution is -0.141. The van der Waals surface area contributed by atoms with Gasteiger partial charge in [0.15, 0.2) is 0 Å². The summed E-state index contributed by atoms with van der Waals surface area (Å²) in [5, 5.41) is 9.82. The largest absolute Gasteiger partial charge is 0.390 e. The number of nitrogens with one attached hydrogen (secondary N) is 3. The number of amides is 4. The third-order valence-corrected chi connectivity index (χ3v) is 13.0. The van der Waals surface area contributed by atoms with Crippen molar-refractivity contribution in [1.82, 2.24) is 20.3 Å². The van der Waals surface area contributed by atoms with Crippen molar-refractivity contribution >= 4 is 39.4 Å². The summed E-state index contributed by atoms with van der Waals surface area (Å²) in [6.07, 6.45) is 7.73. The van der Waals surface area contributed by atoms with E-state index in [1.165, 1.54) is 4.90 Å². The Balaban J connectivity index is 1.10. The van der Waals surface area contributed by atoms with Gasteiger partial charge in [0, 0.05) is 29.0 Å². The molecule has 13 heteroatoms. The van der Waals surface area contributed by atoms with E-state index in [4.69, 9.17) is 4.84 Å². The number of oxime groups is 1. The zero-order chi connectivity index (χ0) is 37.5. The van der Waals surface area contributed by atoms with Crippen LogP contribution in [-0.2, 0) is 29.2 Å². The highest BCUT2D eigenvalue weighted by Gasteiger charge is 2.62. The van der Waals surface area contributed by atoms with Gasteiger partial charge in [-0.05, 0) is 61.8 Å².